The van der Waals surface area contributed by atoms with E-state index in [-0.39, 0.29) is 11.7 Å². The van der Waals surface area contributed by atoms with Gasteiger partial charge in [0.1, 0.15) is 5.82 Å². The molecule has 24 heavy (non-hydrogen) atoms. The number of aromatic nitrogens is 2. The van der Waals surface area contributed by atoms with E-state index >= 15 is 0 Å². The molecule has 2 aromatic carbocycles. The fourth-order valence-corrected chi connectivity index (χ4v) is 2.61. The molecule has 0 radical (unpaired) electrons. The summed E-state index contributed by atoms with van der Waals surface area (Å²) in [4.78, 5) is 12.1. The molecule has 1 N–H and O–H groups in total. The quantitative estimate of drug-likeness (QED) is 0.711. The molecule has 0 aliphatic rings. The van der Waals surface area contributed by atoms with Gasteiger partial charge in [-0.3, -0.25) is 4.79 Å². The molecule has 4 nitrogen and oxygen atoms in total. The van der Waals surface area contributed by atoms with Gasteiger partial charge in [0, 0.05) is 11.3 Å². The third-order valence-corrected chi connectivity index (χ3v) is 4.83. The zero-order valence-electron chi connectivity index (χ0n) is 13.2. The number of hydrogen-bond donors (Lipinski definition) is 1. The Morgan fingerprint density at radius 1 is 1.08 bits per heavy atom. The van der Waals surface area contributed by atoms with Crippen LogP contribution < -0.4 is 5.32 Å². The summed E-state index contributed by atoms with van der Waals surface area (Å²) in [5, 5.41) is 7.26. The summed E-state index contributed by atoms with van der Waals surface area (Å²) in [5.74, 6) is -0.649. The van der Waals surface area contributed by atoms with Gasteiger partial charge in [-0.05, 0) is 78.3 Å². The summed E-state index contributed by atoms with van der Waals surface area (Å²) >= 11 is 3.51. The Morgan fingerprint density at radius 2 is 1.71 bits per heavy atom. The lowest BCUT2D eigenvalue weighted by Gasteiger charge is -2.08. The highest BCUT2D eigenvalue weighted by atomic mass is 79.9. The highest BCUT2D eigenvalue weighted by Gasteiger charge is 2.11. The molecular weight excluding hydrogens is 373 g/mol. The van der Waals surface area contributed by atoms with Gasteiger partial charge in [0.25, 0.3) is 5.91 Å². The molecule has 0 fully saturated rings. The predicted octanol–water partition coefficient (Wildman–Crippen LogP) is 4.64. The van der Waals surface area contributed by atoms with Crippen molar-refractivity contribution in [2.24, 2.45) is 0 Å². The number of carbonyl (C=O) groups is 1. The number of nitrogens with zero attached hydrogens (tertiary/aromatic N) is 2. The average molecular weight is 388 g/mol. The van der Waals surface area contributed by atoms with Crippen LogP contribution in [0.1, 0.15) is 21.7 Å². The third-order valence-electron chi connectivity index (χ3n) is 3.68. The molecule has 0 saturated heterocycles. The maximum absolute atomic E-state index is 12.9. The van der Waals surface area contributed by atoms with E-state index in [1.54, 1.807) is 12.1 Å². The molecular formula is C18H15BrFN3O. The van der Waals surface area contributed by atoms with Crippen LogP contribution in [-0.4, -0.2) is 15.7 Å². The second-order valence-electron chi connectivity index (χ2n) is 5.40. The first-order chi connectivity index (χ1) is 11.5. The van der Waals surface area contributed by atoms with Gasteiger partial charge in [-0.1, -0.05) is 0 Å². The van der Waals surface area contributed by atoms with Crippen LogP contribution in [0.25, 0.3) is 5.69 Å². The van der Waals surface area contributed by atoms with Gasteiger partial charge in [-0.25, -0.2) is 9.07 Å². The van der Waals surface area contributed by atoms with Crippen molar-refractivity contribution in [3.8, 4) is 5.69 Å². The fraction of sp³-hybridized carbons (Fsp3) is 0.111. The molecule has 0 aliphatic heterocycles. The molecule has 0 aliphatic carbocycles. The lowest BCUT2D eigenvalue weighted by atomic mass is 10.2. The number of benzene rings is 2. The molecule has 0 atom stereocenters. The number of carbonyl (C=O) groups excluding carboxylic acids is 1. The van der Waals surface area contributed by atoms with Crippen LogP contribution in [0.15, 0.2) is 53.0 Å². The van der Waals surface area contributed by atoms with E-state index in [4.69, 9.17) is 0 Å². The average Bonchev–Trinajstić information content (AvgIpc) is 2.84. The SMILES string of the molecule is Cc1nn(-c2ccc(NC(=O)c3ccc(F)cc3)cc2)c(C)c1Br. The standard InChI is InChI=1S/C18H15BrFN3O/c1-11-17(19)12(2)23(22-11)16-9-7-15(8-10-16)21-18(24)13-3-5-14(20)6-4-13/h3-10H,1-2H3,(H,21,24). The van der Waals surface area contributed by atoms with Gasteiger partial charge in [0.05, 0.1) is 21.5 Å². The Kier molecular flexibility index (Phi) is 4.49. The van der Waals surface area contributed by atoms with Gasteiger partial charge >= 0.3 is 0 Å². The van der Waals surface area contributed by atoms with Crippen molar-refractivity contribution in [3.63, 3.8) is 0 Å². The number of hydrogen-bond acceptors (Lipinski definition) is 2. The first-order valence-electron chi connectivity index (χ1n) is 7.35. The molecule has 3 aromatic rings. The maximum Gasteiger partial charge on any atom is 0.255 e. The zero-order valence-corrected chi connectivity index (χ0v) is 14.8. The fourth-order valence-electron chi connectivity index (χ4n) is 2.37. The van der Waals surface area contributed by atoms with Crippen molar-refractivity contribution in [2.45, 2.75) is 13.8 Å². The van der Waals surface area contributed by atoms with E-state index in [0.717, 1.165) is 21.5 Å². The van der Waals surface area contributed by atoms with E-state index in [0.29, 0.717) is 11.3 Å². The van der Waals surface area contributed by atoms with E-state index < -0.39 is 0 Å². The highest BCUT2D eigenvalue weighted by molar-refractivity contribution is 9.10. The number of amides is 1. The highest BCUT2D eigenvalue weighted by Crippen LogP contribution is 2.23. The van der Waals surface area contributed by atoms with Crippen molar-refractivity contribution < 1.29 is 9.18 Å². The minimum atomic E-state index is -0.369. The monoisotopic (exact) mass is 387 g/mol. The van der Waals surface area contributed by atoms with Crippen LogP contribution in [0.4, 0.5) is 10.1 Å². The van der Waals surface area contributed by atoms with E-state index in [9.17, 15) is 9.18 Å². The van der Waals surface area contributed by atoms with Gasteiger partial charge < -0.3 is 5.32 Å². The van der Waals surface area contributed by atoms with Gasteiger partial charge in [-0.15, -0.1) is 0 Å². The minimum absolute atomic E-state index is 0.281. The normalized spacial score (nSPS) is 10.7. The molecule has 3 rings (SSSR count). The van der Waals surface area contributed by atoms with Crippen molar-refractivity contribution in [1.29, 1.82) is 0 Å². The van der Waals surface area contributed by atoms with Gasteiger partial charge in [0.15, 0.2) is 0 Å². The second-order valence-corrected chi connectivity index (χ2v) is 6.20. The number of anilines is 1. The number of rotatable bonds is 3. The first-order valence-corrected chi connectivity index (χ1v) is 8.14. The van der Waals surface area contributed by atoms with Crippen molar-refractivity contribution in [2.75, 3.05) is 5.32 Å². The largest absolute Gasteiger partial charge is 0.322 e. The third kappa shape index (κ3) is 3.23. The van der Waals surface area contributed by atoms with Crippen LogP contribution in [0.2, 0.25) is 0 Å². The van der Waals surface area contributed by atoms with Crippen molar-refractivity contribution in [1.82, 2.24) is 9.78 Å². The van der Waals surface area contributed by atoms with E-state index in [2.05, 4.69) is 26.3 Å². The zero-order chi connectivity index (χ0) is 17.3. The molecule has 0 unspecified atom stereocenters. The molecule has 0 saturated carbocycles. The molecule has 6 heteroatoms. The van der Waals surface area contributed by atoms with Crippen LogP contribution in [0.5, 0.6) is 0 Å². The summed E-state index contributed by atoms with van der Waals surface area (Å²) in [6.45, 7) is 3.92. The second kappa shape index (κ2) is 6.57. The summed E-state index contributed by atoms with van der Waals surface area (Å²) in [6.07, 6.45) is 0. The smallest absolute Gasteiger partial charge is 0.255 e. The predicted molar refractivity (Wildman–Crippen MR) is 95.1 cm³/mol. The Morgan fingerprint density at radius 3 is 2.25 bits per heavy atom. The van der Waals surface area contributed by atoms with Crippen LogP contribution >= 0.6 is 15.9 Å². The Balaban J connectivity index is 1.78. The summed E-state index contributed by atoms with van der Waals surface area (Å²) in [5.41, 5.74) is 3.90. The van der Waals surface area contributed by atoms with Gasteiger partial charge in [0.2, 0.25) is 0 Å². The minimum Gasteiger partial charge on any atom is -0.322 e. The maximum atomic E-state index is 12.9. The van der Waals surface area contributed by atoms with Crippen molar-refractivity contribution in [3.05, 3.63) is 75.8 Å². The van der Waals surface area contributed by atoms with E-state index in [1.807, 2.05) is 30.7 Å². The van der Waals surface area contributed by atoms with Crippen LogP contribution in [0, 0.1) is 19.7 Å². The number of nitrogens with one attached hydrogen (secondary N) is 1. The molecule has 0 spiro atoms. The van der Waals surface area contributed by atoms with Crippen LogP contribution in [-0.2, 0) is 0 Å². The van der Waals surface area contributed by atoms with Crippen molar-refractivity contribution >= 4 is 27.5 Å². The topological polar surface area (TPSA) is 46.9 Å². The lowest BCUT2D eigenvalue weighted by molar-refractivity contribution is 0.102. The Labute approximate surface area is 147 Å². The lowest BCUT2D eigenvalue weighted by Crippen LogP contribution is -2.11. The Hall–Kier alpha value is -2.47. The molecule has 1 heterocycles. The molecule has 122 valence electrons. The molecule has 1 amide bonds. The number of aryl methyl sites for hydroxylation is 1. The van der Waals surface area contributed by atoms with Crippen LogP contribution in [0.3, 0.4) is 0 Å². The van der Waals surface area contributed by atoms with Gasteiger partial charge in [-0.2, -0.15) is 5.10 Å². The summed E-state index contributed by atoms with van der Waals surface area (Å²) in [7, 11) is 0. The summed E-state index contributed by atoms with van der Waals surface area (Å²) in [6, 6.07) is 12.8. The summed E-state index contributed by atoms with van der Waals surface area (Å²) < 4.78 is 15.7. The number of halogens is 2. The molecule has 0 bridgehead atoms. The Bertz CT molecular complexity index is 886. The van der Waals surface area contributed by atoms with E-state index in [1.165, 1.54) is 24.3 Å². The molecule has 1 aromatic heterocycles. The first kappa shape index (κ1) is 16.4.